The minimum atomic E-state index is -0.381. The van der Waals surface area contributed by atoms with E-state index < -0.39 is 0 Å². The van der Waals surface area contributed by atoms with Crippen LogP contribution in [0.15, 0.2) is 42.5 Å². The molecule has 6 rings (SSSR count). The molecule has 1 aromatic carbocycles. The van der Waals surface area contributed by atoms with Crippen molar-refractivity contribution in [2.45, 2.75) is 12.8 Å². The van der Waals surface area contributed by atoms with Crippen molar-refractivity contribution >= 4 is 17.7 Å². The van der Waals surface area contributed by atoms with Crippen LogP contribution in [0.3, 0.4) is 0 Å². The van der Waals surface area contributed by atoms with Crippen LogP contribution in [0.5, 0.6) is 0 Å². The van der Waals surface area contributed by atoms with Gasteiger partial charge in [0.05, 0.1) is 18.3 Å². The molecule has 0 N–H and O–H groups in total. The maximum Gasteiger partial charge on any atom is 0.240 e. The third kappa shape index (κ3) is 1.69. The molecule has 4 nitrogen and oxygen atoms in total. The van der Waals surface area contributed by atoms with Gasteiger partial charge in [-0.2, -0.15) is 0 Å². The molecule has 116 valence electrons. The fourth-order valence-electron chi connectivity index (χ4n) is 5.05. The summed E-state index contributed by atoms with van der Waals surface area (Å²) >= 11 is 0. The Hall–Kier alpha value is -2.23. The van der Waals surface area contributed by atoms with Crippen molar-refractivity contribution < 1.29 is 14.4 Å². The van der Waals surface area contributed by atoms with Gasteiger partial charge in [-0.15, -0.1) is 0 Å². The number of hydrogen-bond donors (Lipinski definition) is 0. The summed E-state index contributed by atoms with van der Waals surface area (Å²) in [5.41, 5.74) is 0.830. The lowest BCUT2D eigenvalue weighted by atomic mass is 9.63. The average molecular weight is 307 g/mol. The summed E-state index contributed by atoms with van der Waals surface area (Å²) in [4.78, 5) is 39.1. The Balaban J connectivity index is 1.44. The van der Waals surface area contributed by atoms with E-state index in [9.17, 15) is 14.4 Å². The van der Waals surface area contributed by atoms with Gasteiger partial charge in [0.15, 0.2) is 0 Å². The maximum absolute atomic E-state index is 12.8. The van der Waals surface area contributed by atoms with Crippen LogP contribution in [-0.4, -0.2) is 22.6 Å². The predicted molar refractivity (Wildman–Crippen MR) is 81.7 cm³/mol. The van der Waals surface area contributed by atoms with Gasteiger partial charge in [0, 0.05) is 0 Å². The van der Waals surface area contributed by atoms with Crippen LogP contribution in [0.25, 0.3) is 0 Å². The van der Waals surface area contributed by atoms with Crippen LogP contribution in [0, 0.1) is 35.5 Å². The Kier molecular flexibility index (Phi) is 2.53. The first-order chi connectivity index (χ1) is 11.2. The van der Waals surface area contributed by atoms with Crippen molar-refractivity contribution in [3.8, 4) is 0 Å². The van der Waals surface area contributed by atoms with Gasteiger partial charge in [0.2, 0.25) is 17.7 Å². The molecule has 1 saturated heterocycles. The standard InChI is InChI=1S/C19H17NO3/c21-15(8-10-4-2-1-3-5-10)20-18(22)16-11-6-7-12(14-9-13(11)14)17(16)19(20)23/h1-7,11-14,16-17H,8-9H2/t11-,12-,13-,14+,16-,17+/m0/s1. The Morgan fingerprint density at radius 1 is 0.957 bits per heavy atom. The Morgan fingerprint density at radius 2 is 1.52 bits per heavy atom. The number of allylic oxidation sites excluding steroid dienone is 2. The van der Waals surface area contributed by atoms with Crippen LogP contribution >= 0.6 is 0 Å². The van der Waals surface area contributed by atoms with Gasteiger partial charge in [-0.3, -0.25) is 14.4 Å². The molecule has 2 bridgehead atoms. The lowest BCUT2D eigenvalue weighted by molar-refractivity contribution is -0.150. The van der Waals surface area contributed by atoms with Crippen molar-refractivity contribution in [3.63, 3.8) is 0 Å². The van der Waals surface area contributed by atoms with Gasteiger partial charge in [-0.25, -0.2) is 4.90 Å². The van der Waals surface area contributed by atoms with Crippen molar-refractivity contribution in [2.75, 3.05) is 0 Å². The highest BCUT2D eigenvalue weighted by atomic mass is 16.2. The molecular weight excluding hydrogens is 290 g/mol. The van der Waals surface area contributed by atoms with Crippen molar-refractivity contribution in [1.29, 1.82) is 0 Å². The number of carbonyl (C=O) groups is 3. The van der Waals surface area contributed by atoms with Crippen LogP contribution in [0.2, 0.25) is 0 Å². The molecule has 6 atom stereocenters. The second-order valence-corrected chi connectivity index (χ2v) is 7.22. The molecular formula is C19H17NO3. The molecule has 1 aromatic rings. The highest BCUT2D eigenvalue weighted by molar-refractivity contribution is 6.18. The fraction of sp³-hybridized carbons (Fsp3) is 0.421. The number of carbonyl (C=O) groups excluding carboxylic acids is 3. The summed E-state index contributed by atoms with van der Waals surface area (Å²) in [6, 6.07) is 9.28. The molecule has 1 heterocycles. The summed E-state index contributed by atoms with van der Waals surface area (Å²) in [5, 5.41) is 0. The molecule has 0 radical (unpaired) electrons. The lowest BCUT2D eigenvalue weighted by Gasteiger charge is -2.37. The smallest absolute Gasteiger partial charge is 0.240 e. The first-order valence-electron chi connectivity index (χ1n) is 8.29. The SMILES string of the molecule is O=C(Cc1ccccc1)N1C(=O)[C@@H]2[C@H]3C=C[C@@H]([C@@H]4C[C@H]34)[C@@H]2C1=O. The first kappa shape index (κ1) is 13.2. The fourth-order valence-corrected chi connectivity index (χ4v) is 5.05. The van der Waals surface area contributed by atoms with E-state index in [1.807, 2.05) is 30.3 Å². The predicted octanol–water partition coefficient (Wildman–Crippen LogP) is 1.81. The normalized spacial score (nSPS) is 39.4. The van der Waals surface area contributed by atoms with Gasteiger partial charge in [0.1, 0.15) is 0 Å². The second kappa shape index (κ2) is 4.40. The highest BCUT2D eigenvalue weighted by Gasteiger charge is 2.67. The number of hydrogen-bond acceptors (Lipinski definition) is 3. The molecule has 2 saturated carbocycles. The number of imide groups is 3. The summed E-state index contributed by atoms with van der Waals surface area (Å²) in [5.74, 6) is -0.0202. The van der Waals surface area contributed by atoms with E-state index in [2.05, 4.69) is 12.2 Å². The van der Waals surface area contributed by atoms with E-state index in [0.29, 0.717) is 11.8 Å². The largest absolute Gasteiger partial charge is 0.274 e. The highest BCUT2D eigenvalue weighted by Crippen LogP contribution is 2.65. The molecule has 23 heavy (non-hydrogen) atoms. The first-order valence-corrected chi connectivity index (χ1v) is 8.29. The number of likely N-dealkylation sites (tertiary alicyclic amines) is 1. The molecule has 4 aliphatic carbocycles. The topological polar surface area (TPSA) is 54.5 Å². The number of rotatable bonds is 2. The zero-order valence-electron chi connectivity index (χ0n) is 12.6. The van der Waals surface area contributed by atoms with Gasteiger partial charge >= 0.3 is 0 Å². The van der Waals surface area contributed by atoms with E-state index in [4.69, 9.17) is 0 Å². The summed E-state index contributed by atoms with van der Waals surface area (Å²) < 4.78 is 0. The molecule has 1 aliphatic heterocycles. The minimum absolute atomic E-state index is 0.105. The quantitative estimate of drug-likeness (QED) is 0.618. The zero-order valence-corrected chi connectivity index (χ0v) is 12.6. The Morgan fingerprint density at radius 3 is 2.09 bits per heavy atom. The lowest BCUT2D eigenvalue weighted by Crippen LogP contribution is -2.40. The minimum Gasteiger partial charge on any atom is -0.274 e. The van der Waals surface area contributed by atoms with Gasteiger partial charge < -0.3 is 0 Å². The van der Waals surface area contributed by atoms with E-state index in [-0.39, 0.29) is 47.8 Å². The van der Waals surface area contributed by atoms with Crippen molar-refractivity contribution in [1.82, 2.24) is 4.90 Å². The van der Waals surface area contributed by atoms with E-state index in [1.165, 1.54) is 0 Å². The van der Waals surface area contributed by atoms with Gasteiger partial charge in [0.25, 0.3) is 0 Å². The average Bonchev–Trinajstić information content (AvgIpc) is 3.33. The van der Waals surface area contributed by atoms with E-state index in [1.54, 1.807) is 0 Å². The summed E-state index contributed by atoms with van der Waals surface area (Å²) in [7, 11) is 0. The Bertz CT molecular complexity index is 717. The van der Waals surface area contributed by atoms with Crippen LogP contribution < -0.4 is 0 Å². The number of amides is 3. The molecule has 5 aliphatic rings. The zero-order chi connectivity index (χ0) is 15.7. The summed E-state index contributed by atoms with van der Waals surface area (Å²) in [6.07, 6.45) is 5.48. The Labute approximate surface area is 134 Å². The molecule has 0 spiro atoms. The van der Waals surface area contributed by atoms with Gasteiger partial charge in [-0.1, -0.05) is 42.5 Å². The molecule has 0 unspecified atom stereocenters. The molecule has 3 amide bonds. The number of benzene rings is 1. The summed E-state index contributed by atoms with van der Waals surface area (Å²) in [6.45, 7) is 0. The van der Waals surface area contributed by atoms with Gasteiger partial charge in [-0.05, 0) is 35.7 Å². The third-order valence-electron chi connectivity index (χ3n) is 6.11. The molecule has 3 fully saturated rings. The van der Waals surface area contributed by atoms with Crippen LogP contribution in [0.4, 0.5) is 0 Å². The van der Waals surface area contributed by atoms with Crippen LogP contribution in [-0.2, 0) is 20.8 Å². The second-order valence-electron chi connectivity index (χ2n) is 7.22. The van der Waals surface area contributed by atoms with Crippen molar-refractivity contribution in [2.24, 2.45) is 35.5 Å². The van der Waals surface area contributed by atoms with Crippen molar-refractivity contribution in [3.05, 3.63) is 48.0 Å². The monoisotopic (exact) mass is 307 g/mol. The third-order valence-corrected chi connectivity index (χ3v) is 6.11. The molecule has 0 aromatic heterocycles. The van der Waals surface area contributed by atoms with Crippen LogP contribution in [0.1, 0.15) is 12.0 Å². The maximum atomic E-state index is 12.8. The molecule has 4 heteroatoms. The number of nitrogens with zero attached hydrogens (tertiary/aromatic N) is 1. The van der Waals surface area contributed by atoms with E-state index in [0.717, 1.165) is 16.9 Å². The van der Waals surface area contributed by atoms with E-state index >= 15 is 0 Å².